The summed E-state index contributed by atoms with van der Waals surface area (Å²) in [5, 5.41) is 3.42. The van der Waals surface area contributed by atoms with Crippen LogP contribution in [0.2, 0.25) is 0 Å². The van der Waals surface area contributed by atoms with E-state index in [1.807, 2.05) is 0 Å². The number of aromatic nitrogens is 2. The largest absolute Gasteiger partial charge is 0.331 e. The van der Waals surface area contributed by atoms with Gasteiger partial charge >= 0.3 is 0 Å². The molecular formula is C14H23N3. The average molecular weight is 233 g/mol. The molecule has 1 N–H and O–H groups in total. The van der Waals surface area contributed by atoms with Gasteiger partial charge < -0.3 is 9.88 Å². The van der Waals surface area contributed by atoms with E-state index in [2.05, 4.69) is 23.7 Å². The lowest BCUT2D eigenvalue weighted by Gasteiger charge is -2.17. The predicted molar refractivity (Wildman–Crippen MR) is 69.1 cm³/mol. The number of hydrogen-bond donors (Lipinski definition) is 1. The fourth-order valence-corrected chi connectivity index (χ4v) is 2.80. The van der Waals surface area contributed by atoms with Crippen LogP contribution >= 0.6 is 0 Å². The Labute approximate surface area is 104 Å². The topological polar surface area (TPSA) is 29.9 Å². The Balaban J connectivity index is 1.87. The molecule has 1 fully saturated rings. The molecule has 3 heteroatoms. The summed E-state index contributed by atoms with van der Waals surface area (Å²) in [4.78, 5) is 4.85. The zero-order valence-corrected chi connectivity index (χ0v) is 11.0. The van der Waals surface area contributed by atoms with Gasteiger partial charge in [-0.15, -0.1) is 0 Å². The third-order valence-corrected chi connectivity index (χ3v) is 3.99. The molecule has 2 aliphatic rings. The van der Waals surface area contributed by atoms with Crippen molar-refractivity contribution in [2.75, 3.05) is 6.54 Å². The first-order valence-corrected chi connectivity index (χ1v) is 7.04. The van der Waals surface area contributed by atoms with Crippen molar-refractivity contribution in [1.29, 1.82) is 0 Å². The molecule has 0 saturated heterocycles. The lowest BCUT2D eigenvalue weighted by atomic mass is 10.1. The van der Waals surface area contributed by atoms with Crippen LogP contribution in [0.1, 0.15) is 56.2 Å². The maximum absolute atomic E-state index is 4.85. The first-order valence-electron chi connectivity index (χ1n) is 7.04. The van der Waals surface area contributed by atoms with Crippen LogP contribution in [-0.4, -0.2) is 16.1 Å². The highest BCUT2D eigenvalue weighted by molar-refractivity contribution is 5.21. The normalized spacial score (nSPS) is 19.7. The third-order valence-electron chi connectivity index (χ3n) is 3.99. The highest BCUT2D eigenvalue weighted by atomic mass is 15.1. The molecule has 0 unspecified atom stereocenters. The van der Waals surface area contributed by atoms with Gasteiger partial charge in [0, 0.05) is 37.7 Å². The van der Waals surface area contributed by atoms with Gasteiger partial charge in [-0.2, -0.15) is 0 Å². The van der Waals surface area contributed by atoms with Gasteiger partial charge in [-0.05, 0) is 12.3 Å². The number of rotatable bonds is 4. The van der Waals surface area contributed by atoms with E-state index in [1.54, 1.807) is 0 Å². The quantitative estimate of drug-likeness (QED) is 0.865. The van der Waals surface area contributed by atoms with E-state index in [0.717, 1.165) is 25.4 Å². The molecule has 1 aliphatic carbocycles. The second kappa shape index (κ2) is 4.45. The van der Waals surface area contributed by atoms with Crippen molar-refractivity contribution in [2.45, 2.75) is 58.5 Å². The minimum absolute atomic E-state index is 0.541. The van der Waals surface area contributed by atoms with Gasteiger partial charge in [-0.1, -0.05) is 26.7 Å². The van der Waals surface area contributed by atoms with Crippen molar-refractivity contribution in [2.24, 2.45) is 5.92 Å². The Bertz CT molecular complexity index is 402. The molecule has 0 spiro atoms. The number of fused-ring (bicyclic) bond motifs is 1. The monoisotopic (exact) mass is 233 g/mol. The van der Waals surface area contributed by atoms with Gasteiger partial charge in [0.25, 0.3) is 0 Å². The van der Waals surface area contributed by atoms with Crippen molar-refractivity contribution < 1.29 is 0 Å². The summed E-state index contributed by atoms with van der Waals surface area (Å²) in [6.07, 6.45) is 5.42. The second-order valence-electron chi connectivity index (χ2n) is 5.83. The molecule has 94 valence electrons. The Morgan fingerprint density at radius 1 is 1.41 bits per heavy atom. The van der Waals surface area contributed by atoms with Crippen LogP contribution in [0.5, 0.6) is 0 Å². The lowest BCUT2D eigenvalue weighted by molar-refractivity contribution is 0.529. The average Bonchev–Trinajstić information content (AvgIpc) is 3.07. The Morgan fingerprint density at radius 2 is 2.24 bits per heavy atom. The van der Waals surface area contributed by atoms with E-state index < -0.39 is 0 Å². The minimum Gasteiger partial charge on any atom is -0.331 e. The highest BCUT2D eigenvalue weighted by Gasteiger charge is 2.24. The Morgan fingerprint density at radius 3 is 2.94 bits per heavy atom. The van der Waals surface area contributed by atoms with Crippen LogP contribution in [0.4, 0.5) is 0 Å². The van der Waals surface area contributed by atoms with Gasteiger partial charge in [0.1, 0.15) is 5.82 Å². The van der Waals surface area contributed by atoms with E-state index in [-0.39, 0.29) is 0 Å². The summed E-state index contributed by atoms with van der Waals surface area (Å²) in [6, 6.07) is 0. The summed E-state index contributed by atoms with van der Waals surface area (Å²) in [7, 11) is 0. The Kier molecular flexibility index (Phi) is 2.95. The summed E-state index contributed by atoms with van der Waals surface area (Å²) in [5.41, 5.74) is 2.81. The molecular weight excluding hydrogens is 210 g/mol. The zero-order valence-electron chi connectivity index (χ0n) is 11.0. The number of imidazole rings is 1. The maximum Gasteiger partial charge on any atom is 0.111 e. The molecule has 17 heavy (non-hydrogen) atoms. The van der Waals surface area contributed by atoms with Gasteiger partial charge in [-0.3, -0.25) is 0 Å². The Hall–Kier alpha value is -0.830. The van der Waals surface area contributed by atoms with Crippen molar-refractivity contribution in [1.82, 2.24) is 14.9 Å². The van der Waals surface area contributed by atoms with Crippen molar-refractivity contribution in [3.05, 3.63) is 17.2 Å². The SMILES string of the molecule is CC(C)c1nc2c(n1CCC1CC1)CCNC2. The molecule has 0 aromatic carbocycles. The molecule has 0 amide bonds. The fourth-order valence-electron chi connectivity index (χ4n) is 2.80. The van der Waals surface area contributed by atoms with Crippen molar-refractivity contribution in [3.63, 3.8) is 0 Å². The van der Waals surface area contributed by atoms with Crippen LogP contribution in [0.25, 0.3) is 0 Å². The number of nitrogens with zero attached hydrogens (tertiary/aromatic N) is 2. The molecule has 1 aromatic heterocycles. The minimum atomic E-state index is 0.541. The van der Waals surface area contributed by atoms with Gasteiger partial charge in [0.05, 0.1) is 5.69 Å². The third kappa shape index (κ3) is 2.25. The predicted octanol–water partition coefficient (Wildman–Crippen LogP) is 2.45. The molecule has 1 aliphatic heterocycles. The maximum atomic E-state index is 4.85. The highest BCUT2D eigenvalue weighted by Crippen LogP contribution is 2.33. The molecule has 3 nitrogen and oxygen atoms in total. The molecule has 1 saturated carbocycles. The summed E-state index contributed by atoms with van der Waals surface area (Å²) in [6.45, 7) is 7.79. The molecule has 2 heterocycles. The summed E-state index contributed by atoms with van der Waals surface area (Å²) < 4.78 is 2.53. The van der Waals surface area contributed by atoms with Gasteiger partial charge in [0.15, 0.2) is 0 Å². The smallest absolute Gasteiger partial charge is 0.111 e. The van der Waals surface area contributed by atoms with Crippen molar-refractivity contribution in [3.8, 4) is 0 Å². The van der Waals surface area contributed by atoms with Crippen LogP contribution < -0.4 is 5.32 Å². The zero-order chi connectivity index (χ0) is 11.8. The van der Waals surface area contributed by atoms with Gasteiger partial charge in [-0.25, -0.2) is 4.98 Å². The van der Waals surface area contributed by atoms with E-state index in [9.17, 15) is 0 Å². The standard InChI is InChI=1S/C14H23N3/c1-10(2)14-16-12-9-15-7-5-13(12)17(14)8-6-11-3-4-11/h10-11,15H,3-9H2,1-2H3. The lowest BCUT2D eigenvalue weighted by Crippen LogP contribution is -2.25. The van der Waals surface area contributed by atoms with E-state index in [1.165, 1.54) is 43.0 Å². The van der Waals surface area contributed by atoms with Gasteiger partial charge in [0.2, 0.25) is 0 Å². The molecule has 3 rings (SSSR count). The van der Waals surface area contributed by atoms with Crippen LogP contribution in [-0.2, 0) is 19.5 Å². The summed E-state index contributed by atoms with van der Waals surface area (Å²) in [5.74, 6) is 2.86. The van der Waals surface area contributed by atoms with Crippen LogP contribution in [0.3, 0.4) is 0 Å². The molecule has 1 aromatic rings. The first-order chi connectivity index (χ1) is 8.25. The van der Waals surface area contributed by atoms with E-state index in [4.69, 9.17) is 4.98 Å². The fraction of sp³-hybridized carbons (Fsp3) is 0.786. The molecule has 0 bridgehead atoms. The van der Waals surface area contributed by atoms with E-state index >= 15 is 0 Å². The number of nitrogens with one attached hydrogen (secondary N) is 1. The molecule has 0 atom stereocenters. The first kappa shape index (κ1) is 11.3. The second-order valence-corrected chi connectivity index (χ2v) is 5.83. The molecule has 0 radical (unpaired) electrons. The van der Waals surface area contributed by atoms with Crippen LogP contribution in [0, 0.1) is 5.92 Å². The number of hydrogen-bond acceptors (Lipinski definition) is 2. The van der Waals surface area contributed by atoms with E-state index in [0.29, 0.717) is 5.92 Å². The summed E-state index contributed by atoms with van der Waals surface area (Å²) >= 11 is 0. The van der Waals surface area contributed by atoms with Crippen molar-refractivity contribution >= 4 is 0 Å². The van der Waals surface area contributed by atoms with Crippen LogP contribution in [0.15, 0.2) is 0 Å².